The number of phenolic OH excluding ortho intramolecular Hbond substituents is 1. The Morgan fingerprint density at radius 1 is 1.17 bits per heavy atom. The Bertz CT molecular complexity index is 1280. The van der Waals surface area contributed by atoms with Gasteiger partial charge in [0.25, 0.3) is 0 Å². The molecule has 7 nitrogen and oxygen atoms in total. The Balaban J connectivity index is 1.15. The van der Waals surface area contributed by atoms with Gasteiger partial charge in [0.1, 0.15) is 35.8 Å². The summed E-state index contributed by atoms with van der Waals surface area (Å²) in [5.74, 6) is 4.09. The number of aliphatic hydroxyl groups excluding tert-OH is 2. The van der Waals surface area contributed by atoms with Gasteiger partial charge < -0.3 is 30.1 Å². The molecule has 5 N–H and O–H groups in total. The van der Waals surface area contributed by atoms with Crippen molar-refractivity contribution < 1.29 is 24.8 Å². The summed E-state index contributed by atoms with van der Waals surface area (Å²) in [4.78, 5) is 5.43. The van der Waals surface area contributed by atoms with Crippen LogP contribution in [0.2, 0.25) is 0 Å². The molecule has 0 amide bonds. The molecule has 3 aliphatic carbocycles. The Kier molecular flexibility index (Phi) is 11.6. The lowest BCUT2D eigenvalue weighted by Crippen LogP contribution is -2.37. The van der Waals surface area contributed by atoms with Crippen LogP contribution in [0.5, 0.6) is 11.5 Å². The molecule has 5 atom stereocenters. The fourth-order valence-corrected chi connectivity index (χ4v) is 9.07. The molecule has 7 heteroatoms. The Morgan fingerprint density at radius 2 is 2.02 bits per heavy atom. The monoisotopic (exact) mass is 647 g/mol. The maximum Gasteiger partial charge on any atom is 0.185 e. The van der Waals surface area contributed by atoms with Gasteiger partial charge >= 0.3 is 0 Å². The van der Waals surface area contributed by atoms with Crippen LogP contribution in [-0.2, 0) is 6.42 Å². The lowest BCUT2D eigenvalue weighted by atomic mass is 9.71. The Labute approximate surface area is 282 Å². The summed E-state index contributed by atoms with van der Waals surface area (Å²) >= 11 is 0. The smallest absolute Gasteiger partial charge is 0.185 e. The minimum atomic E-state index is -0.346. The first-order valence-corrected chi connectivity index (χ1v) is 18.8. The van der Waals surface area contributed by atoms with E-state index in [2.05, 4.69) is 24.4 Å². The van der Waals surface area contributed by atoms with E-state index in [4.69, 9.17) is 14.5 Å². The summed E-state index contributed by atoms with van der Waals surface area (Å²) in [7, 11) is 0. The molecule has 258 valence electrons. The first kappa shape index (κ1) is 34.4. The number of hydrogen-bond acceptors (Lipinski definition) is 6. The van der Waals surface area contributed by atoms with Gasteiger partial charge in [0.15, 0.2) is 17.2 Å². The number of benzene rings is 1. The van der Waals surface area contributed by atoms with Gasteiger partial charge in [0.05, 0.1) is 18.1 Å². The van der Waals surface area contributed by atoms with Gasteiger partial charge in [-0.05, 0) is 81.4 Å². The average molecular weight is 648 g/mol. The minimum Gasteiger partial charge on any atom is -0.504 e. The second kappa shape index (κ2) is 15.8. The van der Waals surface area contributed by atoms with Gasteiger partial charge in [-0.2, -0.15) is 0 Å². The van der Waals surface area contributed by atoms with Crippen LogP contribution in [0.25, 0.3) is 0 Å². The lowest BCUT2D eigenvalue weighted by molar-refractivity contribution is -0.0550. The predicted octanol–water partition coefficient (Wildman–Crippen LogP) is 6.91. The third-order valence-electron chi connectivity index (χ3n) is 11.7. The van der Waals surface area contributed by atoms with E-state index >= 15 is 0 Å². The zero-order valence-corrected chi connectivity index (χ0v) is 28.9. The molecular formula is C40H59N2O5+. The van der Waals surface area contributed by atoms with Crippen LogP contribution in [0.1, 0.15) is 109 Å². The molecule has 47 heavy (non-hydrogen) atoms. The molecule has 0 aromatic heterocycles. The largest absolute Gasteiger partial charge is 0.504 e. The van der Waals surface area contributed by atoms with Crippen molar-refractivity contribution in [2.24, 2.45) is 28.2 Å². The zero-order valence-electron chi connectivity index (χ0n) is 28.9. The molecule has 2 aliphatic heterocycles. The molecule has 0 radical (unpaired) electrons. The number of allylic oxidation sites excluding steroid dienone is 1. The minimum absolute atomic E-state index is 0.0726. The number of ether oxygens (including phenoxy) is 2. The SMILES string of the molecule is CCCCC1[OH+][C-](CCc2ccc(O)c(OCC3(C4=C[C+]5C(=N4)CC[C@H]4CCC[C@@H]4[C@@H]5CNC[C@H](C)O)CCCCC3)c2)C=C1CO. The number of aliphatic hydroxyl groups is 4. The summed E-state index contributed by atoms with van der Waals surface area (Å²) in [6, 6.07) is 5.75. The second-order valence-corrected chi connectivity index (χ2v) is 15.1. The van der Waals surface area contributed by atoms with Crippen LogP contribution in [0.4, 0.5) is 0 Å². The fraction of sp³-hybridized carbons (Fsp3) is 0.675. The van der Waals surface area contributed by atoms with E-state index in [9.17, 15) is 15.3 Å². The summed E-state index contributed by atoms with van der Waals surface area (Å²) in [5.41, 5.74) is 4.48. The molecule has 1 aromatic rings. The molecule has 5 aliphatic rings. The zero-order chi connectivity index (χ0) is 32.8. The van der Waals surface area contributed by atoms with E-state index in [0.717, 1.165) is 81.1 Å². The van der Waals surface area contributed by atoms with Crippen LogP contribution in [-0.4, -0.2) is 64.3 Å². The molecular weight excluding hydrogens is 588 g/mol. The predicted molar refractivity (Wildman–Crippen MR) is 188 cm³/mol. The third-order valence-corrected chi connectivity index (χ3v) is 11.7. The molecule has 2 heterocycles. The van der Waals surface area contributed by atoms with E-state index in [1.807, 2.05) is 19.1 Å². The van der Waals surface area contributed by atoms with E-state index < -0.39 is 0 Å². The molecule has 0 bridgehead atoms. The van der Waals surface area contributed by atoms with Crippen molar-refractivity contribution in [1.29, 1.82) is 0 Å². The number of aryl methyl sites for hydroxylation is 1. The van der Waals surface area contributed by atoms with Crippen molar-refractivity contribution in [3.63, 3.8) is 0 Å². The van der Waals surface area contributed by atoms with Crippen molar-refractivity contribution in [2.75, 3.05) is 26.3 Å². The number of hydrogen-bond donors (Lipinski definition) is 4. The highest BCUT2D eigenvalue weighted by atomic mass is 16.5. The Morgan fingerprint density at radius 3 is 2.81 bits per heavy atom. The molecule has 0 spiro atoms. The molecule has 0 saturated heterocycles. The number of fused-ring (bicyclic) bond motifs is 2. The molecule has 3 fully saturated rings. The number of aliphatic imine (C=N–C) groups is 1. The molecule has 3 saturated carbocycles. The quantitative estimate of drug-likeness (QED) is 0.122. The van der Waals surface area contributed by atoms with Crippen molar-refractivity contribution >= 4 is 5.71 Å². The number of unbranched alkanes of at least 4 members (excludes halogenated alkanes) is 1. The van der Waals surface area contributed by atoms with E-state index in [-0.39, 0.29) is 30.0 Å². The van der Waals surface area contributed by atoms with Gasteiger partial charge in [-0.15, -0.1) is 16.6 Å². The van der Waals surface area contributed by atoms with Crippen LogP contribution in [0, 0.1) is 35.2 Å². The number of aromatic hydroxyl groups is 1. The number of rotatable bonds is 15. The van der Waals surface area contributed by atoms with E-state index in [0.29, 0.717) is 30.7 Å². The molecule has 1 aromatic carbocycles. The van der Waals surface area contributed by atoms with Gasteiger partial charge in [-0.25, -0.2) is 0 Å². The van der Waals surface area contributed by atoms with Gasteiger partial charge in [0, 0.05) is 32.5 Å². The van der Waals surface area contributed by atoms with Crippen LogP contribution in [0.3, 0.4) is 0 Å². The number of nitrogens with zero attached hydrogens (tertiary/aromatic N) is 1. The van der Waals surface area contributed by atoms with Crippen molar-refractivity contribution in [3.8, 4) is 11.5 Å². The third kappa shape index (κ3) is 8.07. The van der Waals surface area contributed by atoms with E-state index in [1.165, 1.54) is 62.3 Å². The van der Waals surface area contributed by atoms with Crippen LogP contribution < -0.4 is 10.1 Å². The van der Waals surface area contributed by atoms with Crippen molar-refractivity contribution in [1.82, 2.24) is 5.32 Å². The summed E-state index contributed by atoms with van der Waals surface area (Å²) in [6.07, 6.45) is 22.1. The number of nitrogens with one attached hydrogen (secondary N) is 1. The van der Waals surface area contributed by atoms with Crippen LogP contribution in [0.15, 0.2) is 46.6 Å². The lowest BCUT2D eigenvalue weighted by Gasteiger charge is -2.32. The maximum absolute atomic E-state index is 10.9. The maximum atomic E-state index is 10.9. The average Bonchev–Trinajstić information content (AvgIpc) is 3.81. The summed E-state index contributed by atoms with van der Waals surface area (Å²) in [6.45, 7) is 6.16. The highest BCUT2D eigenvalue weighted by Crippen LogP contribution is 2.52. The standard InChI is InChI=1S/C40H58N2O5/c1-3-4-11-37-30(25-43)21-31(47-37)15-12-28-13-17-36(45)38(20-28)46-26-40(18-6-5-7-19-40)39-22-33-34(24-41-23-27(2)44)32-10-8-9-29(32)14-16-35(33)42-39/h13,17,20-22,27,29,32,34,37,41,43-44,47H,3-12,14-16,18-19,23-26H2,1-2H3/p+1/t27-,29+,32-,34-,37?/m0/s1. The molecule has 1 unspecified atom stereocenters. The van der Waals surface area contributed by atoms with Crippen molar-refractivity contribution in [2.45, 2.75) is 122 Å². The van der Waals surface area contributed by atoms with Gasteiger partial charge in [-0.1, -0.05) is 51.5 Å². The summed E-state index contributed by atoms with van der Waals surface area (Å²) < 4.78 is 11.5. The Hall–Kier alpha value is -2.45. The van der Waals surface area contributed by atoms with Gasteiger partial charge in [0.2, 0.25) is 0 Å². The first-order chi connectivity index (χ1) is 22.9. The van der Waals surface area contributed by atoms with Gasteiger partial charge in [-0.3, -0.25) is 0 Å². The topological polar surface area (TPSA) is 107 Å². The van der Waals surface area contributed by atoms with Crippen LogP contribution >= 0.6 is 0 Å². The summed E-state index contributed by atoms with van der Waals surface area (Å²) in [5, 5.41) is 34.2. The fourth-order valence-electron chi connectivity index (χ4n) is 9.07. The number of phenols is 1. The van der Waals surface area contributed by atoms with E-state index in [1.54, 1.807) is 6.07 Å². The normalized spacial score (nSPS) is 27.5. The van der Waals surface area contributed by atoms with Crippen molar-refractivity contribution in [3.05, 3.63) is 59.2 Å². The first-order valence-electron chi connectivity index (χ1n) is 18.8. The highest BCUT2D eigenvalue weighted by molar-refractivity contribution is 6.03. The highest BCUT2D eigenvalue weighted by Gasteiger charge is 2.52. The molecule has 6 rings (SSSR count). The second-order valence-electron chi connectivity index (χ2n) is 15.1.